The number of nitrogens with zero attached hydrogens (tertiary/aromatic N) is 1. The van der Waals surface area contributed by atoms with Crippen molar-refractivity contribution in [2.45, 2.75) is 44.7 Å². The van der Waals surface area contributed by atoms with Crippen LogP contribution in [0.3, 0.4) is 0 Å². The molecule has 1 saturated heterocycles. The number of hydrogen-bond donors (Lipinski definition) is 2. The molecule has 1 aromatic rings. The Bertz CT molecular complexity index is 394. The van der Waals surface area contributed by atoms with E-state index in [1.54, 1.807) is 0 Å². The molecule has 1 heterocycles. The number of likely N-dealkylation sites (tertiary alicyclic amines) is 1. The van der Waals surface area contributed by atoms with Crippen LogP contribution in [0, 0.1) is 6.92 Å². The molecule has 0 bridgehead atoms. The van der Waals surface area contributed by atoms with Gasteiger partial charge in [0.05, 0.1) is 0 Å². The molecule has 3 N–H and O–H groups in total. The van der Waals surface area contributed by atoms with E-state index >= 15 is 0 Å². The van der Waals surface area contributed by atoms with E-state index in [0.717, 1.165) is 19.4 Å². The van der Waals surface area contributed by atoms with E-state index in [-0.39, 0.29) is 0 Å². The first-order chi connectivity index (χ1) is 9.26. The van der Waals surface area contributed by atoms with Gasteiger partial charge in [-0.25, -0.2) is 0 Å². The average molecular weight is 262 g/mol. The summed E-state index contributed by atoms with van der Waals surface area (Å²) in [6.07, 6.45) is 4.46. The third-order valence-corrected chi connectivity index (χ3v) is 4.17. The highest BCUT2D eigenvalue weighted by Gasteiger charge is 2.30. The summed E-state index contributed by atoms with van der Waals surface area (Å²) >= 11 is 0. The van der Waals surface area contributed by atoms with Crippen LogP contribution < -0.4 is 5.73 Å². The highest BCUT2D eigenvalue weighted by atomic mass is 16.2. The lowest BCUT2D eigenvalue weighted by Gasteiger charge is -2.33. The summed E-state index contributed by atoms with van der Waals surface area (Å²) in [5, 5.41) is 9.02. The second kappa shape index (κ2) is 7.04. The first-order valence-corrected chi connectivity index (χ1v) is 7.39. The van der Waals surface area contributed by atoms with Crippen LogP contribution in [0.1, 0.15) is 42.9 Å². The Morgan fingerprint density at radius 3 is 3.00 bits per heavy atom. The van der Waals surface area contributed by atoms with Gasteiger partial charge in [0.25, 0.3) is 0 Å². The number of nitrogens with two attached hydrogens (primary N) is 1. The third kappa shape index (κ3) is 3.56. The normalized spacial score (nSPS) is 21.7. The summed E-state index contributed by atoms with van der Waals surface area (Å²) < 4.78 is 0. The van der Waals surface area contributed by atoms with Gasteiger partial charge in [0.1, 0.15) is 0 Å². The van der Waals surface area contributed by atoms with Crippen LogP contribution in [0.15, 0.2) is 24.3 Å². The minimum atomic E-state index is 0.294. The van der Waals surface area contributed by atoms with Crippen molar-refractivity contribution in [2.75, 3.05) is 19.7 Å². The van der Waals surface area contributed by atoms with Crippen LogP contribution in [0.25, 0.3) is 0 Å². The maximum Gasteiger partial charge on any atom is 0.0473 e. The van der Waals surface area contributed by atoms with Gasteiger partial charge in [0.2, 0.25) is 0 Å². The predicted molar refractivity (Wildman–Crippen MR) is 79.0 cm³/mol. The summed E-state index contributed by atoms with van der Waals surface area (Å²) in [4.78, 5) is 2.55. The highest BCUT2D eigenvalue weighted by Crippen LogP contribution is 2.31. The van der Waals surface area contributed by atoms with E-state index in [0.29, 0.717) is 25.2 Å². The zero-order chi connectivity index (χ0) is 13.7. The van der Waals surface area contributed by atoms with Crippen LogP contribution in [0.4, 0.5) is 0 Å². The van der Waals surface area contributed by atoms with E-state index in [9.17, 15) is 0 Å². The summed E-state index contributed by atoms with van der Waals surface area (Å²) in [6, 6.07) is 9.59. The molecule has 0 amide bonds. The summed E-state index contributed by atoms with van der Waals surface area (Å²) in [6.45, 7) is 4.22. The number of aliphatic hydroxyl groups is 1. The molecule has 3 heteroatoms. The smallest absolute Gasteiger partial charge is 0.0473 e. The van der Waals surface area contributed by atoms with Crippen molar-refractivity contribution in [3.8, 4) is 0 Å². The molecule has 2 atom stereocenters. The fraction of sp³-hybridized carbons (Fsp3) is 0.625. The predicted octanol–water partition coefficient (Wildman–Crippen LogP) is 2.23. The topological polar surface area (TPSA) is 49.5 Å². The molecule has 19 heavy (non-hydrogen) atoms. The Morgan fingerprint density at radius 2 is 2.32 bits per heavy atom. The Kier molecular flexibility index (Phi) is 5.37. The van der Waals surface area contributed by atoms with Gasteiger partial charge < -0.3 is 10.8 Å². The van der Waals surface area contributed by atoms with Gasteiger partial charge in [0, 0.05) is 25.2 Å². The standard InChI is InChI=1S/C16H26N2O/c1-13-5-2-6-14(11-13)16(12-17)18-9-3-7-15(18)8-4-10-19/h2,5-6,11,15-16,19H,3-4,7-10,12,17H2,1H3. The summed E-state index contributed by atoms with van der Waals surface area (Å²) in [5.74, 6) is 0. The first kappa shape index (κ1) is 14.5. The molecule has 2 rings (SSSR count). The van der Waals surface area contributed by atoms with Crippen molar-refractivity contribution >= 4 is 0 Å². The zero-order valence-corrected chi connectivity index (χ0v) is 11.9. The molecular formula is C16H26N2O. The zero-order valence-electron chi connectivity index (χ0n) is 11.9. The molecular weight excluding hydrogens is 236 g/mol. The first-order valence-electron chi connectivity index (χ1n) is 7.39. The number of benzene rings is 1. The fourth-order valence-electron chi connectivity index (χ4n) is 3.25. The van der Waals surface area contributed by atoms with E-state index in [1.807, 2.05) is 0 Å². The van der Waals surface area contributed by atoms with Gasteiger partial charge in [-0.3, -0.25) is 4.90 Å². The lowest BCUT2D eigenvalue weighted by atomic mass is 10.0. The number of rotatable bonds is 6. The van der Waals surface area contributed by atoms with Crippen molar-refractivity contribution in [2.24, 2.45) is 5.73 Å². The maximum absolute atomic E-state index is 9.02. The molecule has 1 aliphatic heterocycles. The molecule has 0 aromatic heterocycles. The molecule has 1 fully saturated rings. The lowest BCUT2D eigenvalue weighted by Crippen LogP contribution is -2.37. The third-order valence-electron chi connectivity index (χ3n) is 4.17. The van der Waals surface area contributed by atoms with E-state index in [1.165, 1.54) is 24.0 Å². The van der Waals surface area contributed by atoms with Crippen molar-refractivity contribution < 1.29 is 5.11 Å². The van der Waals surface area contributed by atoms with Crippen molar-refractivity contribution in [3.05, 3.63) is 35.4 Å². The number of hydrogen-bond acceptors (Lipinski definition) is 3. The fourth-order valence-corrected chi connectivity index (χ4v) is 3.25. The molecule has 2 unspecified atom stereocenters. The number of aryl methyl sites for hydroxylation is 1. The van der Waals surface area contributed by atoms with E-state index < -0.39 is 0 Å². The van der Waals surface area contributed by atoms with Crippen LogP contribution in [0.5, 0.6) is 0 Å². The largest absolute Gasteiger partial charge is 0.396 e. The Balaban J connectivity index is 2.12. The Morgan fingerprint density at radius 1 is 1.47 bits per heavy atom. The number of aliphatic hydroxyl groups excluding tert-OH is 1. The van der Waals surface area contributed by atoms with Gasteiger partial charge >= 0.3 is 0 Å². The SMILES string of the molecule is Cc1cccc(C(CN)N2CCCC2CCCO)c1. The molecule has 0 aliphatic carbocycles. The van der Waals surface area contributed by atoms with Crippen LogP contribution in [-0.4, -0.2) is 35.7 Å². The Hall–Kier alpha value is -0.900. The quantitative estimate of drug-likeness (QED) is 0.826. The van der Waals surface area contributed by atoms with Crippen LogP contribution in [0.2, 0.25) is 0 Å². The molecule has 106 valence electrons. The van der Waals surface area contributed by atoms with Gasteiger partial charge in [-0.2, -0.15) is 0 Å². The lowest BCUT2D eigenvalue weighted by molar-refractivity contribution is 0.165. The van der Waals surface area contributed by atoms with E-state index in [4.69, 9.17) is 10.8 Å². The van der Waals surface area contributed by atoms with Gasteiger partial charge in [-0.1, -0.05) is 29.8 Å². The van der Waals surface area contributed by atoms with Crippen molar-refractivity contribution in [1.82, 2.24) is 4.90 Å². The van der Waals surface area contributed by atoms with Gasteiger partial charge in [0.15, 0.2) is 0 Å². The molecule has 0 spiro atoms. The summed E-state index contributed by atoms with van der Waals surface area (Å²) in [5.41, 5.74) is 8.66. The molecule has 0 saturated carbocycles. The summed E-state index contributed by atoms with van der Waals surface area (Å²) in [7, 11) is 0. The van der Waals surface area contributed by atoms with Crippen LogP contribution in [-0.2, 0) is 0 Å². The monoisotopic (exact) mass is 262 g/mol. The second-order valence-electron chi connectivity index (χ2n) is 5.57. The van der Waals surface area contributed by atoms with Crippen molar-refractivity contribution in [1.29, 1.82) is 0 Å². The molecule has 1 aliphatic rings. The maximum atomic E-state index is 9.02. The van der Waals surface area contributed by atoms with Crippen LogP contribution >= 0.6 is 0 Å². The van der Waals surface area contributed by atoms with Gasteiger partial charge in [-0.05, 0) is 44.7 Å². The highest BCUT2D eigenvalue weighted by molar-refractivity contribution is 5.25. The minimum Gasteiger partial charge on any atom is -0.396 e. The van der Waals surface area contributed by atoms with Gasteiger partial charge in [-0.15, -0.1) is 0 Å². The second-order valence-corrected chi connectivity index (χ2v) is 5.57. The molecule has 1 aromatic carbocycles. The molecule has 3 nitrogen and oxygen atoms in total. The van der Waals surface area contributed by atoms with Crippen molar-refractivity contribution in [3.63, 3.8) is 0 Å². The Labute approximate surface area is 116 Å². The van der Waals surface area contributed by atoms with E-state index in [2.05, 4.69) is 36.1 Å². The minimum absolute atomic E-state index is 0.294. The molecule has 0 radical (unpaired) electrons. The average Bonchev–Trinajstić information content (AvgIpc) is 2.86.